The number of carbonyl (C=O) groups excluding carboxylic acids is 1. The number of hydrogen-bond acceptors (Lipinski definition) is 4. The standard InChI is InChI=1S/C27H34Cl2N2O3/c1-20-4-2-13-31(19-20)14-3-15-34-23-8-6-22(7-9-23)30-26(32)27(11-16-33-17-12-27)24-10-5-21(28)18-25(24)29/h5-10,18,20H,2-4,11-17,19H2,1H3,(H,30,32). The quantitative estimate of drug-likeness (QED) is 0.436. The second kappa shape index (κ2) is 11.8. The summed E-state index contributed by atoms with van der Waals surface area (Å²) in [7, 11) is 0. The van der Waals surface area contributed by atoms with Gasteiger partial charge in [0.25, 0.3) is 0 Å². The van der Waals surface area contributed by atoms with Crippen molar-refractivity contribution < 1.29 is 14.3 Å². The van der Waals surface area contributed by atoms with Gasteiger partial charge in [0.15, 0.2) is 0 Å². The van der Waals surface area contributed by atoms with Crippen LogP contribution >= 0.6 is 23.2 Å². The highest BCUT2D eigenvalue weighted by Crippen LogP contribution is 2.40. The second-order valence-electron chi connectivity index (χ2n) is 9.55. The zero-order valence-corrected chi connectivity index (χ0v) is 21.3. The molecule has 0 saturated carbocycles. The first-order valence-electron chi connectivity index (χ1n) is 12.3. The van der Waals surface area contributed by atoms with Gasteiger partial charge in [-0.1, -0.05) is 36.2 Å². The van der Waals surface area contributed by atoms with Gasteiger partial charge >= 0.3 is 0 Å². The molecule has 1 unspecified atom stereocenters. The lowest BCUT2D eigenvalue weighted by Crippen LogP contribution is -2.45. The maximum atomic E-state index is 13.5. The molecule has 2 aromatic rings. The number of nitrogens with zero attached hydrogens (tertiary/aromatic N) is 1. The Labute approximate surface area is 212 Å². The fraction of sp³-hybridized carbons (Fsp3) is 0.519. The van der Waals surface area contributed by atoms with Crippen molar-refractivity contribution in [3.8, 4) is 5.75 Å². The molecule has 184 valence electrons. The number of anilines is 1. The minimum atomic E-state index is -0.749. The van der Waals surface area contributed by atoms with E-state index >= 15 is 0 Å². The molecule has 2 aliphatic heterocycles. The van der Waals surface area contributed by atoms with E-state index in [0.29, 0.717) is 42.7 Å². The molecule has 1 atom stereocenters. The lowest BCUT2D eigenvalue weighted by molar-refractivity contribution is -0.125. The number of nitrogens with one attached hydrogen (secondary N) is 1. The van der Waals surface area contributed by atoms with Crippen LogP contribution in [0.3, 0.4) is 0 Å². The number of likely N-dealkylation sites (tertiary alicyclic amines) is 1. The van der Waals surface area contributed by atoms with Gasteiger partial charge in [-0.3, -0.25) is 4.79 Å². The minimum absolute atomic E-state index is 0.0792. The molecule has 1 amide bonds. The van der Waals surface area contributed by atoms with E-state index in [1.807, 2.05) is 30.3 Å². The molecular formula is C27H34Cl2N2O3. The number of piperidine rings is 1. The number of carbonyl (C=O) groups is 1. The predicted octanol–water partition coefficient (Wildman–Crippen LogP) is 6.18. The van der Waals surface area contributed by atoms with Crippen LogP contribution in [0.1, 0.15) is 44.6 Å². The zero-order chi connectivity index (χ0) is 24.0. The summed E-state index contributed by atoms with van der Waals surface area (Å²) >= 11 is 12.6. The molecule has 2 aromatic carbocycles. The van der Waals surface area contributed by atoms with Crippen LogP contribution in [0, 0.1) is 5.92 Å². The van der Waals surface area contributed by atoms with E-state index < -0.39 is 5.41 Å². The molecule has 34 heavy (non-hydrogen) atoms. The monoisotopic (exact) mass is 504 g/mol. The van der Waals surface area contributed by atoms with Crippen molar-refractivity contribution in [2.24, 2.45) is 5.92 Å². The Morgan fingerprint density at radius 1 is 1.18 bits per heavy atom. The number of ether oxygens (including phenoxy) is 2. The van der Waals surface area contributed by atoms with E-state index in [1.54, 1.807) is 12.1 Å². The summed E-state index contributed by atoms with van der Waals surface area (Å²) in [5.41, 5.74) is 0.777. The van der Waals surface area contributed by atoms with Gasteiger partial charge in [-0.05, 0) is 86.5 Å². The van der Waals surface area contributed by atoms with E-state index in [-0.39, 0.29) is 5.91 Å². The van der Waals surface area contributed by atoms with Crippen LogP contribution in [0.5, 0.6) is 5.75 Å². The Morgan fingerprint density at radius 2 is 1.94 bits per heavy atom. The first-order valence-corrected chi connectivity index (χ1v) is 13.0. The highest BCUT2D eigenvalue weighted by molar-refractivity contribution is 6.35. The largest absolute Gasteiger partial charge is 0.494 e. The maximum absolute atomic E-state index is 13.5. The zero-order valence-electron chi connectivity index (χ0n) is 19.8. The molecule has 0 bridgehead atoms. The molecule has 2 heterocycles. The highest BCUT2D eigenvalue weighted by Gasteiger charge is 2.43. The number of amides is 1. The van der Waals surface area contributed by atoms with Gasteiger partial charge in [0.2, 0.25) is 5.91 Å². The Kier molecular flexibility index (Phi) is 8.75. The van der Waals surface area contributed by atoms with Crippen LogP contribution < -0.4 is 10.1 Å². The molecule has 1 N–H and O–H groups in total. The van der Waals surface area contributed by atoms with Crippen LogP contribution in [0.15, 0.2) is 42.5 Å². The van der Waals surface area contributed by atoms with Crippen LogP contribution in [-0.2, 0) is 14.9 Å². The van der Waals surface area contributed by atoms with E-state index in [4.69, 9.17) is 32.7 Å². The molecule has 2 fully saturated rings. The lowest BCUT2D eigenvalue weighted by atomic mass is 9.73. The topological polar surface area (TPSA) is 50.8 Å². The lowest BCUT2D eigenvalue weighted by Gasteiger charge is -2.36. The van der Waals surface area contributed by atoms with Gasteiger partial charge < -0.3 is 19.7 Å². The molecule has 2 saturated heterocycles. The summed E-state index contributed by atoms with van der Waals surface area (Å²) in [6, 6.07) is 12.9. The van der Waals surface area contributed by atoms with E-state index in [9.17, 15) is 4.79 Å². The van der Waals surface area contributed by atoms with Crippen molar-refractivity contribution in [2.45, 2.75) is 44.4 Å². The Morgan fingerprint density at radius 3 is 2.65 bits per heavy atom. The average molecular weight is 505 g/mol. The summed E-state index contributed by atoms with van der Waals surface area (Å²) in [5.74, 6) is 1.53. The highest BCUT2D eigenvalue weighted by atomic mass is 35.5. The smallest absolute Gasteiger partial charge is 0.235 e. The number of hydrogen-bond donors (Lipinski definition) is 1. The van der Waals surface area contributed by atoms with Crippen molar-refractivity contribution >= 4 is 34.8 Å². The molecule has 7 heteroatoms. The third-order valence-corrected chi connectivity index (χ3v) is 7.52. The maximum Gasteiger partial charge on any atom is 0.235 e. The Hall–Kier alpha value is -1.79. The third kappa shape index (κ3) is 6.25. The van der Waals surface area contributed by atoms with Crippen LogP contribution in [0.2, 0.25) is 10.0 Å². The van der Waals surface area contributed by atoms with E-state index in [2.05, 4.69) is 17.1 Å². The van der Waals surface area contributed by atoms with Gasteiger partial charge in [0.1, 0.15) is 5.75 Å². The Balaban J connectivity index is 1.33. The fourth-order valence-corrected chi connectivity index (χ4v) is 5.66. The van der Waals surface area contributed by atoms with Crippen molar-refractivity contribution in [1.29, 1.82) is 0 Å². The van der Waals surface area contributed by atoms with Crippen LogP contribution in [-0.4, -0.2) is 50.3 Å². The summed E-state index contributed by atoms with van der Waals surface area (Å²) in [4.78, 5) is 16.0. The Bertz CT molecular complexity index is 961. The number of benzene rings is 2. The van der Waals surface area contributed by atoms with Crippen LogP contribution in [0.4, 0.5) is 5.69 Å². The number of rotatable bonds is 8. The molecule has 0 aliphatic carbocycles. The normalized spacial score (nSPS) is 20.6. The van der Waals surface area contributed by atoms with Crippen molar-refractivity contribution in [3.63, 3.8) is 0 Å². The summed E-state index contributed by atoms with van der Waals surface area (Å²) in [5, 5.41) is 4.15. The van der Waals surface area contributed by atoms with Gasteiger partial charge in [0, 0.05) is 42.0 Å². The summed E-state index contributed by atoms with van der Waals surface area (Å²) < 4.78 is 11.5. The molecular weight excluding hydrogens is 471 g/mol. The van der Waals surface area contributed by atoms with E-state index in [0.717, 1.165) is 35.9 Å². The minimum Gasteiger partial charge on any atom is -0.494 e. The molecule has 0 aromatic heterocycles. The van der Waals surface area contributed by atoms with Crippen molar-refractivity contribution in [1.82, 2.24) is 4.90 Å². The fourth-order valence-electron chi connectivity index (χ4n) is 5.07. The summed E-state index contributed by atoms with van der Waals surface area (Å²) in [6.07, 6.45) is 4.79. The second-order valence-corrected chi connectivity index (χ2v) is 10.4. The molecule has 0 radical (unpaired) electrons. The van der Waals surface area contributed by atoms with Gasteiger partial charge in [0.05, 0.1) is 12.0 Å². The van der Waals surface area contributed by atoms with Crippen molar-refractivity contribution in [3.05, 3.63) is 58.1 Å². The van der Waals surface area contributed by atoms with Gasteiger partial charge in [-0.15, -0.1) is 0 Å². The summed E-state index contributed by atoms with van der Waals surface area (Å²) in [6.45, 7) is 7.52. The molecule has 4 rings (SSSR count). The molecule has 5 nitrogen and oxygen atoms in total. The average Bonchev–Trinajstić information content (AvgIpc) is 2.83. The molecule has 0 spiro atoms. The first kappa shape index (κ1) is 25.3. The SMILES string of the molecule is CC1CCCN(CCCOc2ccc(NC(=O)C3(c4ccc(Cl)cc4Cl)CCOCC3)cc2)C1. The predicted molar refractivity (Wildman–Crippen MR) is 138 cm³/mol. The third-order valence-electron chi connectivity index (χ3n) is 6.97. The van der Waals surface area contributed by atoms with Gasteiger partial charge in [-0.25, -0.2) is 0 Å². The first-order chi connectivity index (χ1) is 16.5. The van der Waals surface area contributed by atoms with Crippen LogP contribution in [0.25, 0.3) is 0 Å². The van der Waals surface area contributed by atoms with Crippen molar-refractivity contribution in [2.75, 3.05) is 44.8 Å². The number of halogens is 2. The van der Waals surface area contributed by atoms with Gasteiger partial charge in [-0.2, -0.15) is 0 Å². The van der Waals surface area contributed by atoms with E-state index in [1.165, 1.54) is 25.9 Å². The molecule has 2 aliphatic rings.